The van der Waals surface area contributed by atoms with E-state index in [1.807, 2.05) is 6.92 Å². The summed E-state index contributed by atoms with van der Waals surface area (Å²) in [4.78, 5) is 11.8. The Kier molecular flexibility index (Phi) is 5.09. The first-order valence-corrected chi connectivity index (χ1v) is 7.04. The number of carbonyl (C=O) groups is 1. The summed E-state index contributed by atoms with van der Waals surface area (Å²) in [6.07, 6.45) is 1.02. The summed E-state index contributed by atoms with van der Waals surface area (Å²) in [5, 5.41) is 3.30. The molecule has 0 aliphatic carbocycles. The lowest BCUT2D eigenvalue weighted by Crippen LogP contribution is -2.30. The molecule has 1 aliphatic heterocycles. The normalized spacial score (nSPS) is 14.8. The molecule has 0 saturated heterocycles. The van der Waals surface area contributed by atoms with Crippen LogP contribution in [0.3, 0.4) is 0 Å². The van der Waals surface area contributed by atoms with Crippen molar-refractivity contribution in [1.29, 1.82) is 0 Å². The second kappa shape index (κ2) is 6.81. The molecule has 0 saturated carbocycles. The Morgan fingerprint density at radius 3 is 2.95 bits per heavy atom. The van der Waals surface area contributed by atoms with E-state index < -0.39 is 0 Å². The number of halogens is 1. The van der Waals surface area contributed by atoms with E-state index in [0.717, 1.165) is 12.0 Å². The zero-order chi connectivity index (χ0) is 14.5. The van der Waals surface area contributed by atoms with Gasteiger partial charge in [0.25, 0.3) is 0 Å². The van der Waals surface area contributed by atoms with Crippen molar-refractivity contribution in [1.82, 2.24) is 5.32 Å². The minimum Gasteiger partial charge on any atom is -0.486 e. The fourth-order valence-electron chi connectivity index (χ4n) is 1.95. The molecule has 2 rings (SSSR count). The average Bonchev–Trinajstić information content (AvgIpc) is 2.38. The van der Waals surface area contributed by atoms with Gasteiger partial charge in [-0.25, -0.2) is 0 Å². The summed E-state index contributed by atoms with van der Waals surface area (Å²) in [7, 11) is 0. The maximum Gasteiger partial charge on any atom is 0.224 e. The summed E-state index contributed by atoms with van der Waals surface area (Å²) in [5.41, 5.74) is 6.43. The molecule has 0 aromatic heterocycles. The van der Waals surface area contributed by atoms with Crippen molar-refractivity contribution in [3.05, 3.63) is 22.7 Å². The van der Waals surface area contributed by atoms with Crippen LogP contribution >= 0.6 is 11.6 Å². The first-order chi connectivity index (χ1) is 9.56. The van der Waals surface area contributed by atoms with Crippen molar-refractivity contribution in [2.24, 2.45) is 5.73 Å². The van der Waals surface area contributed by atoms with E-state index >= 15 is 0 Å². The number of ether oxygens (including phenoxy) is 2. The molecule has 1 aromatic rings. The van der Waals surface area contributed by atoms with E-state index in [9.17, 15) is 4.79 Å². The predicted octanol–water partition coefficient (Wildman–Crippen LogP) is 1.51. The number of fused-ring (bicyclic) bond motifs is 1. The van der Waals surface area contributed by atoms with Crippen LogP contribution < -0.4 is 20.5 Å². The Labute approximate surface area is 123 Å². The molecule has 1 amide bonds. The first-order valence-electron chi connectivity index (χ1n) is 6.66. The third kappa shape index (κ3) is 4.02. The van der Waals surface area contributed by atoms with Crippen LogP contribution in [0.2, 0.25) is 5.02 Å². The van der Waals surface area contributed by atoms with Crippen LogP contribution in [0.5, 0.6) is 11.5 Å². The highest BCUT2D eigenvalue weighted by molar-refractivity contribution is 6.32. The van der Waals surface area contributed by atoms with Crippen LogP contribution in [-0.2, 0) is 11.2 Å². The smallest absolute Gasteiger partial charge is 0.224 e. The summed E-state index contributed by atoms with van der Waals surface area (Å²) in [6, 6.07) is 3.62. The Bertz CT molecular complexity index is 492. The molecule has 1 unspecified atom stereocenters. The average molecular weight is 299 g/mol. The van der Waals surface area contributed by atoms with Crippen molar-refractivity contribution in [2.75, 3.05) is 19.8 Å². The van der Waals surface area contributed by atoms with Crippen LogP contribution in [-0.4, -0.2) is 31.7 Å². The number of rotatable bonds is 5. The molecule has 0 bridgehead atoms. The van der Waals surface area contributed by atoms with Crippen molar-refractivity contribution in [3.8, 4) is 11.5 Å². The molecule has 0 spiro atoms. The Balaban J connectivity index is 1.96. The van der Waals surface area contributed by atoms with Gasteiger partial charge >= 0.3 is 0 Å². The van der Waals surface area contributed by atoms with Gasteiger partial charge in [-0.15, -0.1) is 0 Å². The van der Waals surface area contributed by atoms with Gasteiger partial charge in [-0.2, -0.15) is 0 Å². The van der Waals surface area contributed by atoms with Gasteiger partial charge in [0.2, 0.25) is 5.91 Å². The Morgan fingerprint density at radius 2 is 2.20 bits per heavy atom. The van der Waals surface area contributed by atoms with Gasteiger partial charge in [0, 0.05) is 12.6 Å². The maximum absolute atomic E-state index is 11.8. The molecule has 1 heterocycles. The molecule has 3 N–H and O–H groups in total. The number of hydrogen-bond donors (Lipinski definition) is 2. The predicted molar refractivity (Wildman–Crippen MR) is 77.4 cm³/mol. The molecular formula is C14H19ClN2O3. The van der Waals surface area contributed by atoms with E-state index in [0.29, 0.717) is 36.3 Å². The van der Waals surface area contributed by atoms with Crippen molar-refractivity contribution in [3.63, 3.8) is 0 Å². The molecule has 1 atom stereocenters. The Hall–Kier alpha value is -1.46. The standard InChI is InChI=1S/C14H19ClN2O3/c1-9(16)2-3-17-13(18)8-10-6-11(15)14-12(7-10)19-4-5-20-14/h6-7,9H,2-5,8,16H2,1H3,(H,17,18). The third-order valence-corrected chi connectivity index (χ3v) is 3.22. The largest absolute Gasteiger partial charge is 0.486 e. The Morgan fingerprint density at radius 1 is 1.45 bits per heavy atom. The second-order valence-electron chi connectivity index (χ2n) is 4.89. The van der Waals surface area contributed by atoms with Gasteiger partial charge in [0.15, 0.2) is 11.5 Å². The molecule has 20 heavy (non-hydrogen) atoms. The highest BCUT2D eigenvalue weighted by atomic mass is 35.5. The monoisotopic (exact) mass is 298 g/mol. The molecule has 5 nitrogen and oxygen atoms in total. The molecular weight excluding hydrogens is 280 g/mol. The molecule has 6 heteroatoms. The van der Waals surface area contributed by atoms with E-state index in [1.54, 1.807) is 12.1 Å². The van der Waals surface area contributed by atoms with Gasteiger partial charge in [-0.3, -0.25) is 4.79 Å². The molecule has 1 aliphatic rings. The third-order valence-electron chi connectivity index (χ3n) is 2.94. The van der Waals surface area contributed by atoms with Crippen LogP contribution in [0.1, 0.15) is 18.9 Å². The fourth-order valence-corrected chi connectivity index (χ4v) is 2.24. The van der Waals surface area contributed by atoms with Gasteiger partial charge in [-0.1, -0.05) is 11.6 Å². The fraction of sp³-hybridized carbons (Fsp3) is 0.500. The SMILES string of the molecule is CC(N)CCNC(=O)Cc1cc(Cl)c2c(c1)OCCO2. The van der Waals surface area contributed by atoms with Gasteiger partial charge < -0.3 is 20.5 Å². The highest BCUT2D eigenvalue weighted by Gasteiger charge is 2.17. The van der Waals surface area contributed by atoms with Crippen LogP contribution in [0.4, 0.5) is 0 Å². The zero-order valence-electron chi connectivity index (χ0n) is 11.4. The van der Waals surface area contributed by atoms with Crippen molar-refractivity contribution in [2.45, 2.75) is 25.8 Å². The van der Waals surface area contributed by atoms with Crippen molar-refractivity contribution < 1.29 is 14.3 Å². The molecule has 0 radical (unpaired) electrons. The number of hydrogen-bond acceptors (Lipinski definition) is 4. The van der Waals surface area contributed by atoms with Crippen LogP contribution in [0.25, 0.3) is 0 Å². The highest BCUT2D eigenvalue weighted by Crippen LogP contribution is 2.38. The minimum atomic E-state index is -0.0570. The van der Waals surface area contributed by atoms with E-state index in [2.05, 4.69) is 5.32 Å². The summed E-state index contributed by atoms with van der Waals surface area (Å²) in [5.74, 6) is 1.10. The zero-order valence-corrected chi connectivity index (χ0v) is 12.2. The molecule has 110 valence electrons. The second-order valence-corrected chi connectivity index (χ2v) is 5.30. The van der Waals surface area contributed by atoms with Crippen molar-refractivity contribution >= 4 is 17.5 Å². The number of carbonyl (C=O) groups excluding carboxylic acids is 1. The summed E-state index contributed by atoms with van der Waals surface area (Å²) >= 11 is 6.12. The summed E-state index contributed by atoms with van der Waals surface area (Å²) < 4.78 is 10.9. The van der Waals surface area contributed by atoms with Gasteiger partial charge in [-0.05, 0) is 31.0 Å². The van der Waals surface area contributed by atoms with E-state index in [1.165, 1.54) is 0 Å². The lowest BCUT2D eigenvalue weighted by Gasteiger charge is -2.20. The first kappa shape index (κ1) is 14.9. The molecule has 0 fully saturated rings. The quantitative estimate of drug-likeness (QED) is 0.864. The number of nitrogens with one attached hydrogen (secondary N) is 1. The van der Waals surface area contributed by atoms with Gasteiger partial charge in [0.1, 0.15) is 13.2 Å². The van der Waals surface area contributed by atoms with E-state index in [4.69, 9.17) is 26.8 Å². The van der Waals surface area contributed by atoms with Crippen LogP contribution in [0.15, 0.2) is 12.1 Å². The van der Waals surface area contributed by atoms with E-state index in [-0.39, 0.29) is 18.4 Å². The number of nitrogens with two attached hydrogens (primary N) is 1. The summed E-state index contributed by atoms with van der Waals surface area (Å²) in [6.45, 7) is 3.47. The van der Waals surface area contributed by atoms with Gasteiger partial charge in [0.05, 0.1) is 11.4 Å². The lowest BCUT2D eigenvalue weighted by molar-refractivity contribution is -0.120. The molecule has 1 aromatic carbocycles. The number of benzene rings is 1. The number of amides is 1. The minimum absolute atomic E-state index is 0.0570. The van der Waals surface area contributed by atoms with Crippen LogP contribution in [0, 0.1) is 0 Å². The lowest BCUT2D eigenvalue weighted by atomic mass is 10.1. The maximum atomic E-state index is 11.8. The topological polar surface area (TPSA) is 73.6 Å².